The van der Waals surface area contributed by atoms with Crippen molar-refractivity contribution in [2.24, 2.45) is 0 Å². The Morgan fingerprint density at radius 2 is 0.754 bits per heavy atom. The Balaban J connectivity index is 0.000000200. The second-order valence-corrected chi connectivity index (χ2v) is 38.0. The number of carbonyl (C=O) groups is 3. The minimum atomic E-state index is -1.01. The standard InChI is InChI=1S/C37H44ClFN8O2.C33H37ClFN7O2.C32H35ClFN7O2.6H2S/c1-40-21-29-23-46(19-20-47(29)34(48)12-6-16-44-17-13-27(39)22-44)36-30-14-18-45(33-11-4-8-26-7-3-10-31(38)35(26)33)24-32(30)41-37(42-36)49-25-28-9-5-15-43(28)2;1-36-19-25-20-41(17-18-42(25)30(43)12-5-14-35)32-26-13-16-40(29-11-4-8-23-7-3-10-27(34)31(23)29)21-28(26)37-33(38-32)44-22-24-9-6-15-39(24)2;1-21(34)31(42)41-16-15-40(18-24(41)17-35-2)30-25-12-14-39(28-11-5-8-22-7-4-10-26(33)29(22)28)19-27(25)36-32(37-30)43-20-23-9-6-13-38(23)3;;;;;;/h3-4,6-8,10-12,27-29H,5,9,13-25H2,2H3;3-5,7-8,10-12,24-25H,6,9,13-22H2,2H3;4-5,7-8,10-11,23-24H,1,6,9,12-20H2,3H3;6*1H2/b12-6+;12-5+;;;;;;;/t27?,28-,29-;24-,25-;23-,24-;;;;;;/m000....../s1. The van der Waals surface area contributed by atoms with Crippen LogP contribution in [0, 0.1) is 19.7 Å². The van der Waals surface area contributed by atoms with Crippen LogP contribution in [0.5, 0.6) is 18.0 Å². The van der Waals surface area contributed by atoms with Crippen molar-refractivity contribution in [3.63, 3.8) is 0 Å². The summed E-state index contributed by atoms with van der Waals surface area (Å²) in [7, 11) is 6.36. The molecule has 10 aliphatic heterocycles. The molecular formula is C102H128Cl3F3N22O6S6. The fourth-order valence-corrected chi connectivity index (χ4v) is 21.8. The van der Waals surface area contributed by atoms with Crippen LogP contribution in [0.25, 0.3) is 46.9 Å². The lowest BCUT2D eigenvalue weighted by molar-refractivity contribution is -0.131. The summed E-state index contributed by atoms with van der Waals surface area (Å²) in [6.45, 7) is 39.9. The number of anilines is 6. The molecule has 3 amide bonds. The van der Waals surface area contributed by atoms with Gasteiger partial charge in [-0.15, -0.1) is 0 Å². The van der Waals surface area contributed by atoms with E-state index in [0.29, 0.717) is 165 Å². The molecule has 142 heavy (non-hydrogen) atoms. The Kier molecular flexibility index (Phi) is 41.5. The van der Waals surface area contributed by atoms with E-state index in [1.807, 2.05) is 53.4 Å². The first-order valence-electron chi connectivity index (χ1n) is 47.4. The minimum absolute atomic E-state index is 0. The largest absolute Gasteiger partial charge is 0.462 e. The number of carbonyl (C=O) groups excluding carboxylic acids is 3. The van der Waals surface area contributed by atoms with Crippen molar-refractivity contribution in [3.8, 4) is 18.0 Å². The van der Waals surface area contributed by atoms with Crippen LogP contribution >= 0.6 is 116 Å². The highest BCUT2D eigenvalue weighted by molar-refractivity contribution is 7.60. The summed E-state index contributed by atoms with van der Waals surface area (Å²) in [5.74, 6) is 0.259. The van der Waals surface area contributed by atoms with E-state index in [1.54, 1.807) is 15.9 Å². The van der Waals surface area contributed by atoms with Crippen LogP contribution in [-0.4, -0.2) is 309 Å². The Hall–Kier alpha value is -9.76. The summed E-state index contributed by atoms with van der Waals surface area (Å²) in [6.07, 6.45) is 14.5. The van der Waals surface area contributed by atoms with Crippen LogP contribution in [0.4, 0.5) is 47.7 Å². The number of hydrogen-bond donors (Lipinski definition) is 0. The van der Waals surface area contributed by atoms with E-state index in [4.69, 9.17) is 98.6 Å². The number of amides is 3. The average Bonchev–Trinajstić information content (AvgIpc) is 0.974. The highest BCUT2D eigenvalue weighted by atomic mass is 35.5. The van der Waals surface area contributed by atoms with Crippen LogP contribution in [0.2, 0.25) is 15.1 Å². The summed E-state index contributed by atoms with van der Waals surface area (Å²) in [6, 6.07) is 37.5. The monoisotopic (exact) mass is 2110 g/mol. The van der Waals surface area contributed by atoms with Gasteiger partial charge >= 0.3 is 18.0 Å². The van der Waals surface area contributed by atoms with Crippen molar-refractivity contribution in [2.75, 3.05) is 214 Å². The van der Waals surface area contributed by atoms with Gasteiger partial charge in [0.2, 0.25) is 31.4 Å². The molecular weight excluding hydrogens is 1990 g/mol. The number of ether oxygens (including phenoxy) is 3. The van der Waals surface area contributed by atoms with Crippen LogP contribution in [0.15, 0.2) is 146 Å². The normalized spacial score (nSPS) is 20.7. The molecule has 13 heterocycles. The number of likely N-dealkylation sites (N-methyl/N-ethyl adjacent to an activating group) is 3. The number of nitrogens with zero attached hydrogens (tertiary/aromatic N) is 22. The van der Waals surface area contributed by atoms with Gasteiger partial charge in [0.1, 0.15) is 68.2 Å². The zero-order valence-electron chi connectivity index (χ0n) is 80.4. The van der Waals surface area contributed by atoms with Crippen LogP contribution in [0.1, 0.15) is 78.7 Å². The lowest BCUT2D eigenvalue weighted by Crippen LogP contribution is -2.57. The topological polar surface area (TPSA) is 211 Å². The zero-order valence-corrected chi connectivity index (χ0v) is 88.6. The summed E-state index contributed by atoms with van der Waals surface area (Å²) >= 11 is 20.1. The van der Waals surface area contributed by atoms with Crippen molar-refractivity contribution < 1.29 is 41.8 Å². The van der Waals surface area contributed by atoms with Gasteiger partial charge in [-0.2, -0.15) is 111 Å². The van der Waals surface area contributed by atoms with E-state index in [0.717, 1.165) is 201 Å². The molecule has 7 fully saturated rings. The Morgan fingerprint density at radius 1 is 0.423 bits per heavy atom. The highest BCUT2D eigenvalue weighted by Crippen LogP contribution is 2.43. The SMILES string of the molecule is S.S.S.S.S.S.[C-]#[N+]C[C@H]1CN(c2nc(OC[C@@H]3CCCN3C)nc3c2CCN(c2cccc4cccc(Cl)c24)C3)CCN1C(=O)/C=C/CF.[C-]#[N+]C[C@H]1CN(c2nc(OC[C@@H]3CCCN3C)nc3c2CCN(c2cccc4cccc(Cl)c24)C3)CCN1C(=O)/C=C/CN1CCC(F)C1.[C-]#[N+]C[C@H]1CN(c2nc(OC[C@@H]3CCCN3C)nc3c2CCN(c2cccc4cccc(Cl)c24)C3)CCN1C(=O)C(=C)F. The first-order chi connectivity index (χ1) is 66.2. The predicted octanol–water partition coefficient (Wildman–Crippen LogP) is 15.1. The predicted molar refractivity (Wildman–Crippen MR) is 591 cm³/mol. The van der Waals surface area contributed by atoms with E-state index in [9.17, 15) is 27.6 Å². The molecule has 19 rings (SSSR count). The Morgan fingerprint density at radius 3 is 1.06 bits per heavy atom. The van der Waals surface area contributed by atoms with Crippen molar-refractivity contribution in [3.05, 3.63) is 229 Å². The molecule has 10 aliphatic rings. The number of alkyl halides is 2. The molecule has 7 atom stereocenters. The van der Waals surface area contributed by atoms with Gasteiger partial charge in [-0.25, -0.2) is 32.9 Å². The van der Waals surface area contributed by atoms with Gasteiger partial charge < -0.3 is 87.5 Å². The molecule has 0 saturated carbocycles. The van der Waals surface area contributed by atoms with Crippen LogP contribution in [0.3, 0.4) is 0 Å². The van der Waals surface area contributed by atoms with Gasteiger partial charge in [-0.1, -0.05) is 120 Å². The van der Waals surface area contributed by atoms with E-state index < -0.39 is 30.6 Å². The third kappa shape index (κ3) is 26.0. The van der Waals surface area contributed by atoms with E-state index >= 15 is 0 Å². The maximum absolute atomic E-state index is 13.8. The lowest BCUT2D eigenvalue weighted by Gasteiger charge is -2.41. The number of likely N-dealkylation sites (tertiary alicyclic amines) is 4. The summed E-state index contributed by atoms with van der Waals surface area (Å²) in [5, 5.41) is 8.51. The van der Waals surface area contributed by atoms with Crippen LogP contribution < -0.4 is 43.6 Å². The Labute approximate surface area is 887 Å². The molecule has 0 N–H and O–H groups in total. The maximum Gasteiger partial charge on any atom is 0.318 e. The van der Waals surface area contributed by atoms with Gasteiger partial charge in [0, 0.05) is 178 Å². The molecule has 0 spiro atoms. The molecule has 3 aromatic heterocycles. The molecule has 28 nitrogen and oxygen atoms in total. The van der Waals surface area contributed by atoms with Crippen molar-refractivity contribution in [1.82, 2.24) is 64.2 Å². The van der Waals surface area contributed by atoms with Crippen molar-refractivity contribution >= 4 is 200 Å². The number of hydrogen-bond acceptors (Lipinski definition) is 22. The fourth-order valence-electron chi connectivity index (χ4n) is 21.0. The molecule has 9 aromatic rings. The number of allylic oxidation sites excluding steroid dienone is 1. The van der Waals surface area contributed by atoms with Gasteiger partial charge in [0.25, 0.3) is 5.91 Å². The molecule has 760 valence electrons. The van der Waals surface area contributed by atoms with Gasteiger partial charge in [0.15, 0.2) is 5.83 Å². The summed E-state index contributed by atoms with van der Waals surface area (Å²) in [4.78, 5) is 107. The summed E-state index contributed by atoms with van der Waals surface area (Å²) < 4.78 is 59.0. The number of aromatic nitrogens is 6. The number of piperazine rings is 3. The first-order valence-corrected chi connectivity index (χ1v) is 48.5. The first kappa shape index (κ1) is 113. The zero-order chi connectivity index (χ0) is 94.6. The fraction of sp³-hybridized carbons (Fsp3) is 0.471. The maximum atomic E-state index is 13.8. The molecule has 0 bridgehead atoms. The highest BCUT2D eigenvalue weighted by Gasteiger charge is 2.42. The second kappa shape index (κ2) is 52.3. The smallest absolute Gasteiger partial charge is 0.318 e. The molecule has 7 saturated heterocycles. The van der Waals surface area contributed by atoms with Crippen LogP contribution in [-0.2, 0) is 53.3 Å². The lowest BCUT2D eigenvalue weighted by atomic mass is 10.0. The van der Waals surface area contributed by atoms with Crippen molar-refractivity contribution in [2.45, 2.75) is 126 Å². The molecule has 1 unspecified atom stereocenters. The third-order valence-corrected chi connectivity index (χ3v) is 29.3. The van der Waals surface area contributed by atoms with Gasteiger partial charge in [0.05, 0.1) is 51.8 Å². The molecule has 0 aliphatic carbocycles. The Bertz CT molecular complexity index is 6100. The van der Waals surface area contributed by atoms with E-state index in [-0.39, 0.29) is 131 Å². The minimum Gasteiger partial charge on any atom is -0.462 e. The number of fused-ring (bicyclic) bond motifs is 6. The van der Waals surface area contributed by atoms with E-state index in [1.165, 1.54) is 17.1 Å². The number of rotatable bonds is 24. The van der Waals surface area contributed by atoms with Gasteiger partial charge in [-0.3, -0.25) is 19.3 Å². The molecule has 40 heteroatoms. The molecule has 6 aromatic carbocycles. The number of benzene rings is 6. The second-order valence-electron chi connectivity index (χ2n) is 36.8. The van der Waals surface area contributed by atoms with Crippen molar-refractivity contribution in [1.29, 1.82) is 0 Å². The van der Waals surface area contributed by atoms with Gasteiger partial charge in [-0.05, 0) is 164 Å². The third-order valence-electron chi connectivity index (χ3n) is 28.3. The molecule has 0 radical (unpaired) electrons. The average molecular weight is 2110 g/mol. The van der Waals surface area contributed by atoms with E-state index in [2.05, 4.69) is 153 Å². The quantitative estimate of drug-likeness (QED) is 0.0406. The summed E-state index contributed by atoms with van der Waals surface area (Å²) in [5.41, 5.74) is 9.11. The number of halogens is 6.